The number of anilines is 1. The molecule has 2 rings (SSSR count). The molecule has 1 heterocycles. The first-order valence-corrected chi connectivity index (χ1v) is 6.39. The van der Waals surface area contributed by atoms with Gasteiger partial charge in [0, 0.05) is 18.2 Å². The SMILES string of the molecule is Cc1ccc(NC(=O)c2c[nH]c(=O)[nH]2)c(C#CCCO)c1. The molecule has 0 atom stereocenters. The van der Waals surface area contributed by atoms with Gasteiger partial charge in [0.05, 0.1) is 12.3 Å². The highest BCUT2D eigenvalue weighted by molar-refractivity contribution is 6.03. The molecule has 1 aromatic carbocycles. The maximum absolute atomic E-state index is 12.0. The lowest BCUT2D eigenvalue weighted by atomic mass is 10.1. The summed E-state index contributed by atoms with van der Waals surface area (Å²) in [5, 5.41) is 11.5. The van der Waals surface area contributed by atoms with E-state index in [9.17, 15) is 9.59 Å². The Morgan fingerprint density at radius 2 is 2.24 bits per heavy atom. The van der Waals surface area contributed by atoms with Crippen molar-refractivity contribution in [2.45, 2.75) is 13.3 Å². The number of aryl methyl sites for hydroxylation is 1. The number of hydrogen-bond acceptors (Lipinski definition) is 3. The van der Waals surface area contributed by atoms with E-state index in [1.54, 1.807) is 6.07 Å². The molecule has 21 heavy (non-hydrogen) atoms. The number of aliphatic hydroxyl groups is 1. The monoisotopic (exact) mass is 285 g/mol. The fraction of sp³-hybridized carbons (Fsp3) is 0.200. The Morgan fingerprint density at radius 3 is 2.90 bits per heavy atom. The van der Waals surface area contributed by atoms with E-state index < -0.39 is 11.6 Å². The lowest BCUT2D eigenvalue weighted by Gasteiger charge is -2.07. The number of amides is 1. The van der Waals surface area contributed by atoms with Gasteiger partial charge in [0.2, 0.25) is 0 Å². The van der Waals surface area contributed by atoms with Gasteiger partial charge >= 0.3 is 5.69 Å². The number of carbonyl (C=O) groups excluding carboxylic acids is 1. The Kier molecular flexibility index (Phi) is 4.59. The lowest BCUT2D eigenvalue weighted by molar-refractivity contribution is 0.102. The molecular weight excluding hydrogens is 270 g/mol. The van der Waals surface area contributed by atoms with Gasteiger partial charge in [-0.15, -0.1) is 0 Å². The lowest BCUT2D eigenvalue weighted by Crippen LogP contribution is -2.14. The molecule has 0 aliphatic rings. The fourth-order valence-corrected chi connectivity index (χ4v) is 1.73. The predicted octanol–water partition coefficient (Wildman–Crippen LogP) is 0.998. The molecule has 1 aromatic heterocycles. The quantitative estimate of drug-likeness (QED) is 0.633. The van der Waals surface area contributed by atoms with E-state index in [-0.39, 0.29) is 12.3 Å². The highest BCUT2D eigenvalue weighted by Crippen LogP contribution is 2.17. The summed E-state index contributed by atoms with van der Waals surface area (Å²) in [5.41, 5.74) is 1.94. The van der Waals surface area contributed by atoms with Crippen molar-refractivity contribution in [2.24, 2.45) is 0 Å². The van der Waals surface area contributed by atoms with Gasteiger partial charge in [0.1, 0.15) is 5.69 Å². The molecule has 1 amide bonds. The number of rotatable bonds is 3. The summed E-state index contributed by atoms with van der Waals surface area (Å²) >= 11 is 0. The molecule has 0 bridgehead atoms. The van der Waals surface area contributed by atoms with Crippen LogP contribution >= 0.6 is 0 Å². The third-order valence-corrected chi connectivity index (χ3v) is 2.72. The Bertz CT molecular complexity index is 762. The van der Waals surface area contributed by atoms with Gasteiger partial charge in [-0.25, -0.2) is 4.79 Å². The maximum atomic E-state index is 12.0. The Balaban J connectivity index is 2.25. The Hall–Kier alpha value is -2.78. The average molecular weight is 285 g/mol. The summed E-state index contributed by atoms with van der Waals surface area (Å²) in [4.78, 5) is 27.8. The van der Waals surface area contributed by atoms with Gasteiger partial charge in [-0.2, -0.15) is 0 Å². The van der Waals surface area contributed by atoms with E-state index in [2.05, 4.69) is 27.1 Å². The third-order valence-electron chi connectivity index (χ3n) is 2.72. The number of aromatic amines is 2. The number of carbonyl (C=O) groups is 1. The van der Waals surface area contributed by atoms with Crippen molar-refractivity contribution >= 4 is 11.6 Å². The van der Waals surface area contributed by atoms with Crippen molar-refractivity contribution in [1.82, 2.24) is 9.97 Å². The van der Waals surface area contributed by atoms with Crippen LogP contribution in [0.4, 0.5) is 5.69 Å². The van der Waals surface area contributed by atoms with Crippen LogP contribution in [0.3, 0.4) is 0 Å². The van der Waals surface area contributed by atoms with Gasteiger partial charge in [0.15, 0.2) is 0 Å². The molecular formula is C15H15N3O3. The topological polar surface area (TPSA) is 98.0 Å². The predicted molar refractivity (Wildman–Crippen MR) is 79.1 cm³/mol. The normalized spacial score (nSPS) is 9.81. The van der Waals surface area contributed by atoms with Crippen molar-refractivity contribution in [3.8, 4) is 11.8 Å². The van der Waals surface area contributed by atoms with Gasteiger partial charge in [-0.3, -0.25) is 4.79 Å². The van der Waals surface area contributed by atoms with Crippen molar-refractivity contribution in [2.75, 3.05) is 11.9 Å². The summed E-state index contributed by atoms with van der Waals surface area (Å²) in [7, 11) is 0. The molecule has 4 N–H and O–H groups in total. The second kappa shape index (κ2) is 6.59. The van der Waals surface area contributed by atoms with E-state index in [0.717, 1.165) is 5.56 Å². The number of hydrogen-bond donors (Lipinski definition) is 4. The molecule has 108 valence electrons. The zero-order valence-electron chi connectivity index (χ0n) is 11.5. The number of nitrogens with one attached hydrogen (secondary N) is 3. The molecule has 0 fully saturated rings. The molecule has 0 unspecified atom stereocenters. The third kappa shape index (κ3) is 3.84. The van der Waals surface area contributed by atoms with Crippen LogP contribution in [0.25, 0.3) is 0 Å². The van der Waals surface area contributed by atoms with Crippen LogP contribution < -0.4 is 11.0 Å². The van der Waals surface area contributed by atoms with Crippen molar-refractivity contribution < 1.29 is 9.90 Å². The number of H-pyrrole nitrogens is 2. The highest BCUT2D eigenvalue weighted by Gasteiger charge is 2.10. The van der Waals surface area contributed by atoms with Gasteiger partial charge in [-0.05, 0) is 24.6 Å². The molecule has 6 heteroatoms. The van der Waals surface area contributed by atoms with E-state index in [0.29, 0.717) is 17.7 Å². The molecule has 2 aromatic rings. The molecule has 0 saturated heterocycles. The van der Waals surface area contributed by atoms with Gasteiger partial charge in [0.25, 0.3) is 5.91 Å². The second-order valence-corrected chi connectivity index (χ2v) is 4.44. The van der Waals surface area contributed by atoms with E-state index in [1.165, 1.54) is 6.20 Å². The van der Waals surface area contributed by atoms with Crippen LogP contribution in [0, 0.1) is 18.8 Å². The van der Waals surface area contributed by atoms with Crippen LogP contribution in [0.1, 0.15) is 28.0 Å². The summed E-state index contributed by atoms with van der Waals surface area (Å²) in [5.74, 6) is 5.31. The minimum Gasteiger partial charge on any atom is -0.395 e. The highest BCUT2D eigenvalue weighted by atomic mass is 16.2. The van der Waals surface area contributed by atoms with Crippen molar-refractivity contribution in [1.29, 1.82) is 0 Å². The van der Waals surface area contributed by atoms with E-state index in [1.807, 2.05) is 19.1 Å². The first kappa shape index (κ1) is 14.6. The minimum absolute atomic E-state index is 0.00883. The first-order valence-electron chi connectivity index (χ1n) is 6.39. The summed E-state index contributed by atoms with van der Waals surface area (Å²) in [6, 6.07) is 5.45. The number of aromatic nitrogens is 2. The number of benzene rings is 1. The van der Waals surface area contributed by atoms with Crippen molar-refractivity contribution in [3.63, 3.8) is 0 Å². The molecule has 0 aliphatic heterocycles. The van der Waals surface area contributed by atoms with Gasteiger partial charge in [-0.1, -0.05) is 17.9 Å². The van der Waals surface area contributed by atoms with E-state index >= 15 is 0 Å². The average Bonchev–Trinajstić information content (AvgIpc) is 2.88. The smallest absolute Gasteiger partial charge is 0.323 e. The minimum atomic E-state index is -0.438. The number of aliphatic hydroxyl groups excluding tert-OH is 1. The van der Waals surface area contributed by atoms with Crippen molar-refractivity contribution in [3.05, 3.63) is 51.7 Å². The zero-order valence-corrected chi connectivity index (χ0v) is 11.5. The molecule has 0 aliphatic carbocycles. The summed E-state index contributed by atoms with van der Waals surface area (Å²) in [6.45, 7) is 1.91. The van der Waals surface area contributed by atoms with Crippen LogP contribution in [0.5, 0.6) is 0 Å². The summed E-state index contributed by atoms with van der Waals surface area (Å²) in [6.07, 6.45) is 1.68. The molecule has 6 nitrogen and oxygen atoms in total. The Labute approximate surface area is 121 Å². The maximum Gasteiger partial charge on any atom is 0.323 e. The van der Waals surface area contributed by atoms with Crippen LogP contribution in [0.15, 0.2) is 29.2 Å². The Morgan fingerprint density at radius 1 is 1.43 bits per heavy atom. The number of imidazole rings is 1. The van der Waals surface area contributed by atoms with Crippen LogP contribution in [0.2, 0.25) is 0 Å². The summed E-state index contributed by atoms with van der Waals surface area (Å²) < 4.78 is 0. The van der Waals surface area contributed by atoms with Crippen LogP contribution in [-0.2, 0) is 0 Å². The molecule has 0 saturated carbocycles. The second-order valence-electron chi connectivity index (χ2n) is 4.44. The largest absolute Gasteiger partial charge is 0.395 e. The molecule has 0 radical (unpaired) electrons. The van der Waals surface area contributed by atoms with Gasteiger partial charge < -0.3 is 20.4 Å². The van der Waals surface area contributed by atoms with Crippen LogP contribution in [-0.4, -0.2) is 27.6 Å². The molecule has 0 spiro atoms. The fourth-order valence-electron chi connectivity index (χ4n) is 1.73. The standard InChI is InChI=1S/C15H15N3O3/c1-10-5-6-12(11(8-10)4-2-3-7-19)17-14(20)13-9-16-15(21)18-13/h5-6,8-9,19H,3,7H2,1H3,(H,17,20)(H2,16,18,21). The zero-order chi connectivity index (χ0) is 15.2. The van der Waals surface area contributed by atoms with E-state index in [4.69, 9.17) is 5.11 Å². The first-order chi connectivity index (χ1) is 10.1.